The number of nitrogens with one attached hydrogen (secondary N) is 1. The summed E-state index contributed by atoms with van der Waals surface area (Å²) in [7, 11) is 0. The van der Waals surface area contributed by atoms with Crippen LogP contribution in [0.2, 0.25) is 0 Å². The van der Waals surface area contributed by atoms with E-state index in [9.17, 15) is 4.79 Å². The predicted octanol–water partition coefficient (Wildman–Crippen LogP) is 2.72. The Kier molecular flexibility index (Phi) is 3.74. The van der Waals surface area contributed by atoms with Gasteiger partial charge in [-0.05, 0) is 31.5 Å². The van der Waals surface area contributed by atoms with Gasteiger partial charge in [0, 0.05) is 11.1 Å². The van der Waals surface area contributed by atoms with Crippen LogP contribution in [0.5, 0.6) is 0 Å². The van der Waals surface area contributed by atoms with Crippen molar-refractivity contribution in [3.63, 3.8) is 0 Å². The van der Waals surface area contributed by atoms with Crippen LogP contribution in [0.15, 0.2) is 29.6 Å². The summed E-state index contributed by atoms with van der Waals surface area (Å²) in [6, 6.07) is 7.50. The Morgan fingerprint density at radius 3 is 2.89 bits per heavy atom. The minimum atomic E-state index is -0.205. The summed E-state index contributed by atoms with van der Waals surface area (Å²) >= 11 is 1.40. The van der Waals surface area contributed by atoms with Crippen LogP contribution >= 0.6 is 11.3 Å². The number of amides is 1. The van der Waals surface area contributed by atoms with Crippen molar-refractivity contribution < 1.29 is 4.79 Å². The molecule has 94 valence electrons. The third kappa shape index (κ3) is 2.94. The van der Waals surface area contributed by atoms with Gasteiger partial charge >= 0.3 is 0 Å². The van der Waals surface area contributed by atoms with Gasteiger partial charge in [-0.1, -0.05) is 12.1 Å². The highest BCUT2D eigenvalue weighted by atomic mass is 32.1. The molecule has 0 bridgehead atoms. The maximum absolute atomic E-state index is 12.0. The number of nitrogens with two attached hydrogens (primary N) is 1. The second-order valence-electron chi connectivity index (χ2n) is 4.18. The third-order valence-electron chi connectivity index (χ3n) is 2.42. The van der Waals surface area contributed by atoms with Crippen LogP contribution in [0.3, 0.4) is 0 Å². The lowest BCUT2D eigenvalue weighted by atomic mass is 10.2. The summed E-state index contributed by atoms with van der Waals surface area (Å²) in [5.41, 5.74) is 8.00. The van der Waals surface area contributed by atoms with Crippen LogP contribution in [0, 0.1) is 6.92 Å². The van der Waals surface area contributed by atoms with Gasteiger partial charge in [0.25, 0.3) is 5.91 Å². The first-order valence-corrected chi connectivity index (χ1v) is 6.53. The van der Waals surface area contributed by atoms with E-state index in [2.05, 4.69) is 10.3 Å². The highest BCUT2D eigenvalue weighted by Gasteiger charge is 2.12. The normalized spacial score (nSPS) is 12.2. The van der Waals surface area contributed by atoms with Crippen molar-refractivity contribution >= 4 is 22.9 Å². The fourth-order valence-electron chi connectivity index (χ4n) is 1.52. The number of anilines is 1. The van der Waals surface area contributed by atoms with E-state index in [-0.39, 0.29) is 11.9 Å². The van der Waals surface area contributed by atoms with E-state index in [1.165, 1.54) is 11.3 Å². The molecule has 4 nitrogen and oxygen atoms in total. The molecule has 3 N–H and O–H groups in total. The average molecular weight is 261 g/mol. The number of aromatic nitrogens is 1. The zero-order valence-electron chi connectivity index (χ0n) is 10.3. The molecule has 1 unspecified atom stereocenters. The Hall–Kier alpha value is -1.72. The molecular weight excluding hydrogens is 246 g/mol. The van der Waals surface area contributed by atoms with Crippen molar-refractivity contribution in [1.82, 2.24) is 4.98 Å². The van der Waals surface area contributed by atoms with Crippen molar-refractivity contribution in [3.8, 4) is 0 Å². The molecule has 18 heavy (non-hydrogen) atoms. The maximum atomic E-state index is 12.0. The molecule has 1 atom stereocenters. The van der Waals surface area contributed by atoms with Crippen LogP contribution in [0.4, 0.5) is 5.69 Å². The fourth-order valence-corrected chi connectivity index (χ4v) is 2.28. The number of carbonyl (C=O) groups is 1. The Morgan fingerprint density at radius 1 is 1.50 bits per heavy atom. The first-order chi connectivity index (χ1) is 8.56. The largest absolute Gasteiger partial charge is 0.322 e. The molecule has 5 heteroatoms. The molecule has 0 aliphatic carbocycles. The number of thiazole rings is 1. The number of hydrogen-bond acceptors (Lipinski definition) is 4. The Labute approximate surface area is 110 Å². The number of carbonyl (C=O) groups excluding carboxylic acids is 1. The second-order valence-corrected chi connectivity index (χ2v) is 5.07. The molecule has 1 heterocycles. The number of hydrogen-bond donors (Lipinski definition) is 2. The molecule has 1 aromatic carbocycles. The highest BCUT2D eigenvalue weighted by Crippen LogP contribution is 2.17. The fraction of sp³-hybridized carbons (Fsp3) is 0.231. The van der Waals surface area contributed by atoms with E-state index in [1.54, 1.807) is 5.38 Å². The lowest BCUT2D eigenvalue weighted by molar-refractivity contribution is 0.102. The summed E-state index contributed by atoms with van der Waals surface area (Å²) in [5.74, 6) is -0.205. The summed E-state index contributed by atoms with van der Waals surface area (Å²) in [6.07, 6.45) is 0. The monoisotopic (exact) mass is 261 g/mol. The Balaban J connectivity index is 2.12. The first kappa shape index (κ1) is 12.7. The molecule has 2 aromatic rings. The lowest BCUT2D eigenvalue weighted by Gasteiger charge is -2.04. The van der Waals surface area contributed by atoms with E-state index in [0.717, 1.165) is 16.3 Å². The first-order valence-electron chi connectivity index (χ1n) is 5.65. The number of rotatable bonds is 3. The van der Waals surface area contributed by atoms with Gasteiger partial charge < -0.3 is 11.1 Å². The summed E-state index contributed by atoms with van der Waals surface area (Å²) in [4.78, 5) is 16.2. The van der Waals surface area contributed by atoms with Gasteiger partial charge in [-0.2, -0.15) is 0 Å². The molecule has 0 spiro atoms. The average Bonchev–Trinajstić information content (AvgIpc) is 2.78. The quantitative estimate of drug-likeness (QED) is 0.892. The number of nitrogens with zero attached hydrogens (tertiary/aromatic N) is 1. The van der Waals surface area contributed by atoms with Crippen LogP contribution in [0.1, 0.15) is 34.0 Å². The smallest absolute Gasteiger partial charge is 0.275 e. The maximum Gasteiger partial charge on any atom is 0.275 e. The van der Waals surface area contributed by atoms with Gasteiger partial charge in [0.05, 0.1) is 6.04 Å². The van der Waals surface area contributed by atoms with E-state index >= 15 is 0 Å². The minimum Gasteiger partial charge on any atom is -0.322 e. The molecule has 1 aromatic heterocycles. The molecule has 0 aliphatic heterocycles. The Bertz CT molecular complexity index is 563. The molecule has 2 rings (SSSR count). The van der Waals surface area contributed by atoms with Crippen molar-refractivity contribution in [2.45, 2.75) is 19.9 Å². The Morgan fingerprint density at radius 2 is 2.28 bits per heavy atom. The van der Waals surface area contributed by atoms with E-state index in [1.807, 2.05) is 38.1 Å². The topological polar surface area (TPSA) is 68.0 Å². The number of aryl methyl sites for hydroxylation is 1. The molecule has 0 saturated heterocycles. The zero-order valence-corrected chi connectivity index (χ0v) is 11.1. The van der Waals surface area contributed by atoms with Gasteiger partial charge in [0.15, 0.2) is 0 Å². The van der Waals surface area contributed by atoms with Crippen LogP contribution < -0.4 is 11.1 Å². The molecule has 0 fully saturated rings. The second kappa shape index (κ2) is 5.29. The molecule has 0 aliphatic rings. The van der Waals surface area contributed by atoms with E-state index in [0.29, 0.717) is 5.69 Å². The predicted molar refractivity (Wildman–Crippen MR) is 73.8 cm³/mol. The van der Waals surface area contributed by atoms with Gasteiger partial charge in [-0.25, -0.2) is 4.98 Å². The molecule has 0 radical (unpaired) electrons. The van der Waals surface area contributed by atoms with Gasteiger partial charge in [0.1, 0.15) is 10.7 Å². The standard InChI is InChI=1S/C13H15N3OS/c1-8-4-3-5-10(6-8)15-12(17)11-7-18-13(16-11)9(2)14/h3-7,9H,14H2,1-2H3,(H,15,17). The minimum absolute atomic E-state index is 0.143. The summed E-state index contributed by atoms with van der Waals surface area (Å²) in [6.45, 7) is 3.83. The SMILES string of the molecule is Cc1cccc(NC(=O)c2csc(C(C)N)n2)c1. The number of benzene rings is 1. The van der Waals surface area contributed by atoms with Gasteiger partial charge in [-0.3, -0.25) is 4.79 Å². The lowest BCUT2D eigenvalue weighted by Crippen LogP contribution is -2.13. The van der Waals surface area contributed by atoms with Crippen molar-refractivity contribution in [2.75, 3.05) is 5.32 Å². The van der Waals surface area contributed by atoms with Crippen LogP contribution in [-0.4, -0.2) is 10.9 Å². The third-order valence-corrected chi connectivity index (χ3v) is 3.47. The molecular formula is C13H15N3OS. The zero-order chi connectivity index (χ0) is 13.1. The van der Waals surface area contributed by atoms with Gasteiger partial charge in [0.2, 0.25) is 0 Å². The van der Waals surface area contributed by atoms with Gasteiger partial charge in [-0.15, -0.1) is 11.3 Å². The van der Waals surface area contributed by atoms with E-state index < -0.39 is 0 Å². The van der Waals surface area contributed by atoms with Crippen LogP contribution in [0.25, 0.3) is 0 Å². The van der Waals surface area contributed by atoms with Crippen molar-refractivity contribution in [1.29, 1.82) is 0 Å². The summed E-state index contributed by atoms with van der Waals surface area (Å²) < 4.78 is 0. The highest BCUT2D eigenvalue weighted by molar-refractivity contribution is 7.09. The van der Waals surface area contributed by atoms with Crippen molar-refractivity contribution in [3.05, 3.63) is 45.9 Å². The molecule has 1 amide bonds. The summed E-state index contributed by atoms with van der Waals surface area (Å²) in [5, 5.41) is 5.31. The van der Waals surface area contributed by atoms with Crippen LogP contribution in [-0.2, 0) is 0 Å². The van der Waals surface area contributed by atoms with Crippen molar-refractivity contribution in [2.24, 2.45) is 5.73 Å². The van der Waals surface area contributed by atoms with E-state index in [4.69, 9.17) is 5.73 Å². The molecule has 0 saturated carbocycles.